The molecule has 0 aliphatic heterocycles. The van der Waals surface area contributed by atoms with E-state index in [1.54, 1.807) is 17.8 Å². The van der Waals surface area contributed by atoms with E-state index in [-0.39, 0.29) is 12.3 Å². The van der Waals surface area contributed by atoms with Crippen LogP contribution in [0.15, 0.2) is 39.1 Å². The first-order valence-electron chi connectivity index (χ1n) is 6.48. The maximum Gasteiger partial charge on any atom is 0.217 e. The van der Waals surface area contributed by atoms with Crippen molar-refractivity contribution in [3.05, 3.63) is 36.1 Å². The number of hydrogen-bond donors (Lipinski definition) is 1. The number of thioether (sulfide) groups is 1. The zero-order valence-electron chi connectivity index (χ0n) is 11.3. The van der Waals surface area contributed by atoms with E-state index < -0.39 is 0 Å². The topological polar surface area (TPSA) is 68.0 Å². The number of furan rings is 1. The van der Waals surface area contributed by atoms with Gasteiger partial charge in [-0.15, -0.1) is 10.2 Å². The predicted molar refractivity (Wildman–Crippen MR) is 85.3 cm³/mol. The van der Waals surface area contributed by atoms with Gasteiger partial charge in [0, 0.05) is 5.39 Å². The Labute approximate surface area is 129 Å². The standard InChI is InChI=1S/C14H13N3O2S2/c1-2-20-14-17-16-13(21-14)15-8-10(18)12-7-9-5-3-4-6-11(9)19-12/h3-7H,2,8H2,1H3,(H,15,16). The molecule has 0 unspecified atom stereocenters. The lowest BCUT2D eigenvalue weighted by atomic mass is 10.2. The highest BCUT2D eigenvalue weighted by Gasteiger charge is 2.13. The zero-order chi connectivity index (χ0) is 14.7. The summed E-state index contributed by atoms with van der Waals surface area (Å²) in [5.74, 6) is 1.20. The second kappa shape index (κ2) is 6.28. The van der Waals surface area contributed by atoms with E-state index in [0.29, 0.717) is 10.9 Å². The maximum atomic E-state index is 12.1. The van der Waals surface area contributed by atoms with E-state index in [4.69, 9.17) is 4.42 Å². The van der Waals surface area contributed by atoms with E-state index in [1.165, 1.54) is 11.3 Å². The van der Waals surface area contributed by atoms with Crippen molar-refractivity contribution in [1.82, 2.24) is 10.2 Å². The van der Waals surface area contributed by atoms with Crippen LogP contribution < -0.4 is 5.32 Å². The first-order chi connectivity index (χ1) is 10.3. The first-order valence-corrected chi connectivity index (χ1v) is 8.28. The van der Waals surface area contributed by atoms with Gasteiger partial charge in [0.2, 0.25) is 10.9 Å². The molecular weight excluding hydrogens is 306 g/mol. The van der Waals surface area contributed by atoms with Crippen LogP contribution in [0.3, 0.4) is 0 Å². The van der Waals surface area contributed by atoms with Crippen LogP contribution in [0, 0.1) is 0 Å². The molecule has 0 aliphatic rings. The average molecular weight is 319 g/mol. The van der Waals surface area contributed by atoms with E-state index in [9.17, 15) is 4.79 Å². The molecule has 108 valence electrons. The summed E-state index contributed by atoms with van der Waals surface area (Å²) in [6.07, 6.45) is 0. The number of aromatic nitrogens is 2. The van der Waals surface area contributed by atoms with Crippen molar-refractivity contribution in [2.24, 2.45) is 0 Å². The minimum atomic E-state index is -0.105. The van der Waals surface area contributed by atoms with Gasteiger partial charge in [-0.05, 0) is 17.9 Å². The number of carbonyl (C=O) groups is 1. The van der Waals surface area contributed by atoms with Gasteiger partial charge in [0.05, 0.1) is 6.54 Å². The van der Waals surface area contributed by atoms with Crippen molar-refractivity contribution in [3.8, 4) is 0 Å². The number of benzene rings is 1. The Morgan fingerprint density at radius 3 is 3.05 bits per heavy atom. The van der Waals surface area contributed by atoms with E-state index in [0.717, 1.165) is 21.1 Å². The molecule has 0 fully saturated rings. The van der Waals surface area contributed by atoms with Crippen LogP contribution in [-0.4, -0.2) is 28.3 Å². The molecule has 1 aromatic carbocycles. The van der Waals surface area contributed by atoms with Crippen molar-refractivity contribution in [2.75, 3.05) is 17.6 Å². The van der Waals surface area contributed by atoms with Crippen LogP contribution in [0.25, 0.3) is 11.0 Å². The quantitative estimate of drug-likeness (QED) is 0.552. The third-order valence-electron chi connectivity index (χ3n) is 2.77. The molecule has 21 heavy (non-hydrogen) atoms. The number of Topliss-reactive ketones (excluding diaryl/α,β-unsaturated/α-hetero) is 1. The Kier molecular flexibility index (Phi) is 4.21. The molecule has 3 aromatic rings. The highest BCUT2D eigenvalue weighted by molar-refractivity contribution is 8.01. The number of carbonyl (C=O) groups excluding carboxylic acids is 1. The average Bonchev–Trinajstić information content (AvgIpc) is 3.11. The van der Waals surface area contributed by atoms with E-state index in [1.807, 2.05) is 24.3 Å². The Bertz CT molecular complexity index is 733. The van der Waals surface area contributed by atoms with Crippen molar-refractivity contribution >= 4 is 45.0 Å². The number of hydrogen-bond acceptors (Lipinski definition) is 7. The van der Waals surface area contributed by atoms with Crippen molar-refractivity contribution < 1.29 is 9.21 Å². The molecule has 0 radical (unpaired) electrons. The Hall–Kier alpha value is -1.86. The predicted octanol–water partition coefficient (Wildman–Crippen LogP) is 3.69. The van der Waals surface area contributed by atoms with Crippen molar-refractivity contribution in [2.45, 2.75) is 11.3 Å². The summed E-state index contributed by atoms with van der Waals surface area (Å²) < 4.78 is 6.43. The number of fused-ring (bicyclic) bond motifs is 1. The summed E-state index contributed by atoms with van der Waals surface area (Å²) in [6.45, 7) is 2.20. The molecule has 0 saturated carbocycles. The van der Waals surface area contributed by atoms with Gasteiger partial charge in [-0.3, -0.25) is 4.79 Å². The fourth-order valence-electron chi connectivity index (χ4n) is 1.83. The molecule has 0 atom stereocenters. The maximum absolute atomic E-state index is 12.1. The lowest BCUT2D eigenvalue weighted by Crippen LogP contribution is -2.13. The fourth-order valence-corrected chi connectivity index (χ4v) is 3.47. The third kappa shape index (κ3) is 3.25. The summed E-state index contributed by atoms with van der Waals surface area (Å²) in [5, 5.41) is 12.6. The highest BCUT2D eigenvalue weighted by atomic mass is 32.2. The zero-order valence-corrected chi connectivity index (χ0v) is 13.0. The molecule has 7 heteroatoms. The Morgan fingerprint density at radius 2 is 2.24 bits per heavy atom. The molecule has 0 bridgehead atoms. The van der Waals surface area contributed by atoms with Gasteiger partial charge >= 0.3 is 0 Å². The summed E-state index contributed by atoms with van der Waals surface area (Å²) in [5.41, 5.74) is 0.721. The minimum absolute atomic E-state index is 0.105. The number of rotatable bonds is 6. The van der Waals surface area contributed by atoms with Gasteiger partial charge in [-0.25, -0.2) is 0 Å². The molecule has 5 nitrogen and oxygen atoms in total. The molecule has 1 N–H and O–H groups in total. The monoisotopic (exact) mass is 319 g/mol. The largest absolute Gasteiger partial charge is 0.453 e. The van der Waals surface area contributed by atoms with Crippen molar-refractivity contribution in [3.63, 3.8) is 0 Å². The third-order valence-corrected chi connectivity index (χ3v) is 4.67. The second-order valence-electron chi connectivity index (χ2n) is 4.23. The van der Waals surface area contributed by atoms with E-state index in [2.05, 4.69) is 22.4 Å². The molecule has 0 aliphatic carbocycles. The summed E-state index contributed by atoms with van der Waals surface area (Å²) in [6, 6.07) is 9.32. The van der Waals surface area contributed by atoms with Gasteiger partial charge in [0.25, 0.3) is 0 Å². The SMILES string of the molecule is CCSc1nnc(NCC(=O)c2cc3ccccc3o2)s1. The smallest absolute Gasteiger partial charge is 0.217 e. The minimum Gasteiger partial charge on any atom is -0.453 e. The Balaban J connectivity index is 1.65. The van der Waals surface area contributed by atoms with Gasteiger partial charge < -0.3 is 9.73 Å². The molecule has 0 amide bonds. The van der Waals surface area contributed by atoms with Gasteiger partial charge in [-0.1, -0.05) is 48.2 Å². The molecule has 0 saturated heterocycles. The van der Waals surface area contributed by atoms with Crippen LogP contribution in [0.2, 0.25) is 0 Å². The van der Waals surface area contributed by atoms with Crippen LogP contribution in [0.5, 0.6) is 0 Å². The summed E-state index contributed by atoms with van der Waals surface area (Å²) in [7, 11) is 0. The fraction of sp³-hybridized carbons (Fsp3) is 0.214. The molecule has 2 heterocycles. The number of ketones is 1. The number of nitrogens with one attached hydrogen (secondary N) is 1. The molecular formula is C14H13N3O2S2. The second-order valence-corrected chi connectivity index (χ2v) is 6.72. The summed E-state index contributed by atoms with van der Waals surface area (Å²) in [4.78, 5) is 12.1. The number of nitrogens with zero attached hydrogens (tertiary/aromatic N) is 2. The van der Waals surface area contributed by atoms with E-state index >= 15 is 0 Å². The van der Waals surface area contributed by atoms with Gasteiger partial charge in [0.1, 0.15) is 5.58 Å². The van der Waals surface area contributed by atoms with Crippen LogP contribution >= 0.6 is 23.1 Å². The van der Waals surface area contributed by atoms with Crippen molar-refractivity contribution in [1.29, 1.82) is 0 Å². The van der Waals surface area contributed by atoms with Crippen LogP contribution in [0.4, 0.5) is 5.13 Å². The lowest BCUT2D eigenvalue weighted by molar-refractivity contribution is 0.0982. The number of anilines is 1. The first kappa shape index (κ1) is 14.1. The van der Waals surface area contributed by atoms with Gasteiger partial charge in [0.15, 0.2) is 10.1 Å². The molecule has 3 rings (SSSR count). The van der Waals surface area contributed by atoms with Crippen LogP contribution in [-0.2, 0) is 0 Å². The number of para-hydroxylation sites is 1. The van der Waals surface area contributed by atoms with Gasteiger partial charge in [-0.2, -0.15) is 0 Å². The van der Waals surface area contributed by atoms with Crippen LogP contribution in [0.1, 0.15) is 17.5 Å². The lowest BCUT2D eigenvalue weighted by Gasteiger charge is -1.98. The molecule has 2 aromatic heterocycles. The summed E-state index contributed by atoms with van der Waals surface area (Å²) >= 11 is 3.08. The molecule has 0 spiro atoms. The Morgan fingerprint density at radius 1 is 1.38 bits per heavy atom. The normalized spacial score (nSPS) is 10.9. The highest BCUT2D eigenvalue weighted by Crippen LogP contribution is 2.25.